The van der Waals surface area contributed by atoms with Gasteiger partial charge in [-0.1, -0.05) is 12.1 Å². The van der Waals surface area contributed by atoms with E-state index in [0.717, 1.165) is 5.56 Å². The Labute approximate surface area is 111 Å². The van der Waals surface area contributed by atoms with E-state index in [1.165, 1.54) is 7.11 Å². The van der Waals surface area contributed by atoms with Gasteiger partial charge in [-0.2, -0.15) is 0 Å². The van der Waals surface area contributed by atoms with Crippen molar-refractivity contribution in [3.05, 3.63) is 42.0 Å². The number of hydrogen-bond acceptors (Lipinski definition) is 6. The summed E-state index contributed by atoms with van der Waals surface area (Å²) < 4.78 is 4.68. The minimum absolute atomic E-state index is 0. The summed E-state index contributed by atoms with van der Waals surface area (Å²) in [5.74, 6) is 5.33. The summed E-state index contributed by atoms with van der Waals surface area (Å²) in [6.45, 7) is 0. The normalized spacial score (nSPS) is 10.0. The number of hydrogen-bond donors (Lipinski definition) is 3. The molecule has 19 heavy (non-hydrogen) atoms. The molecule has 0 radical (unpaired) electrons. The SMILES string of the molecule is COC(=O)c1cccc(-c2ccc(N)c(NN)n2)c1.[HH]. The van der Waals surface area contributed by atoms with Crippen LogP contribution in [0.1, 0.15) is 11.8 Å². The molecule has 1 aromatic heterocycles. The van der Waals surface area contributed by atoms with Gasteiger partial charge >= 0.3 is 5.97 Å². The van der Waals surface area contributed by atoms with Crippen molar-refractivity contribution in [2.45, 2.75) is 0 Å². The molecular weight excluding hydrogens is 244 g/mol. The Morgan fingerprint density at radius 3 is 2.84 bits per heavy atom. The number of methoxy groups -OCH3 is 1. The van der Waals surface area contributed by atoms with Gasteiger partial charge in [-0.3, -0.25) is 0 Å². The highest BCUT2D eigenvalue weighted by Crippen LogP contribution is 2.23. The largest absolute Gasteiger partial charge is 0.465 e. The molecule has 0 atom stereocenters. The highest BCUT2D eigenvalue weighted by atomic mass is 16.5. The van der Waals surface area contributed by atoms with Gasteiger partial charge in [0.2, 0.25) is 0 Å². The fourth-order valence-electron chi connectivity index (χ4n) is 1.67. The maximum Gasteiger partial charge on any atom is 0.337 e. The minimum Gasteiger partial charge on any atom is -0.465 e. The molecule has 0 bridgehead atoms. The van der Waals surface area contributed by atoms with Crippen LogP contribution in [0.2, 0.25) is 0 Å². The summed E-state index contributed by atoms with van der Waals surface area (Å²) in [6, 6.07) is 10.4. The van der Waals surface area contributed by atoms with Crippen molar-refractivity contribution in [3.63, 3.8) is 0 Å². The second kappa shape index (κ2) is 5.36. The predicted molar refractivity (Wildman–Crippen MR) is 75.3 cm³/mol. The molecule has 1 heterocycles. The van der Waals surface area contributed by atoms with E-state index in [1.54, 1.807) is 30.3 Å². The van der Waals surface area contributed by atoms with E-state index in [4.69, 9.17) is 11.6 Å². The molecule has 0 fully saturated rings. The first kappa shape index (κ1) is 12.8. The van der Waals surface area contributed by atoms with Gasteiger partial charge in [-0.15, -0.1) is 0 Å². The summed E-state index contributed by atoms with van der Waals surface area (Å²) >= 11 is 0. The number of carbonyl (C=O) groups is 1. The second-order valence-electron chi connectivity index (χ2n) is 3.85. The van der Waals surface area contributed by atoms with E-state index in [1.807, 2.05) is 6.07 Å². The van der Waals surface area contributed by atoms with Crippen LogP contribution in [0, 0.1) is 0 Å². The Kier molecular flexibility index (Phi) is 3.63. The molecule has 5 N–H and O–H groups in total. The molecule has 6 nitrogen and oxygen atoms in total. The molecule has 0 amide bonds. The van der Waals surface area contributed by atoms with Crippen molar-refractivity contribution < 1.29 is 11.0 Å². The maximum atomic E-state index is 11.5. The van der Waals surface area contributed by atoms with Crippen molar-refractivity contribution in [2.24, 2.45) is 5.84 Å². The van der Waals surface area contributed by atoms with Gasteiger partial charge in [0.25, 0.3) is 0 Å². The third-order valence-corrected chi connectivity index (χ3v) is 2.64. The maximum absolute atomic E-state index is 11.5. The molecule has 0 saturated heterocycles. The zero-order valence-electron chi connectivity index (χ0n) is 10.4. The van der Waals surface area contributed by atoms with E-state index in [-0.39, 0.29) is 1.43 Å². The van der Waals surface area contributed by atoms with Crippen molar-refractivity contribution >= 4 is 17.5 Å². The minimum atomic E-state index is -0.394. The molecule has 2 aromatic rings. The van der Waals surface area contributed by atoms with Crippen LogP contribution >= 0.6 is 0 Å². The fourth-order valence-corrected chi connectivity index (χ4v) is 1.67. The highest BCUT2D eigenvalue weighted by molar-refractivity contribution is 5.90. The van der Waals surface area contributed by atoms with Crippen LogP contribution in [-0.4, -0.2) is 18.1 Å². The number of nitrogen functional groups attached to an aromatic ring is 2. The first-order valence-corrected chi connectivity index (χ1v) is 5.57. The van der Waals surface area contributed by atoms with Crippen molar-refractivity contribution in [1.82, 2.24) is 4.98 Å². The third kappa shape index (κ3) is 2.63. The fraction of sp³-hybridized carbons (Fsp3) is 0.0769. The Morgan fingerprint density at radius 2 is 2.16 bits per heavy atom. The van der Waals surface area contributed by atoms with Crippen molar-refractivity contribution in [3.8, 4) is 11.3 Å². The standard InChI is InChI=1S/C13H14N4O2.H2/c1-19-13(18)9-4-2-3-8(7-9)11-6-5-10(14)12(16-11)17-15;/h2-7H,14-15H2,1H3,(H,16,17);1H. The van der Waals surface area contributed by atoms with Gasteiger partial charge in [0.1, 0.15) is 0 Å². The van der Waals surface area contributed by atoms with E-state index < -0.39 is 5.97 Å². The first-order valence-electron chi connectivity index (χ1n) is 5.57. The highest BCUT2D eigenvalue weighted by Gasteiger charge is 2.08. The molecule has 0 aliphatic carbocycles. The average molecular weight is 260 g/mol. The number of esters is 1. The lowest BCUT2D eigenvalue weighted by molar-refractivity contribution is 0.0601. The average Bonchev–Trinajstić information content (AvgIpc) is 2.47. The Morgan fingerprint density at radius 1 is 1.37 bits per heavy atom. The molecule has 1 aromatic carbocycles. The quantitative estimate of drug-likeness (QED) is 0.440. The van der Waals surface area contributed by atoms with Gasteiger partial charge in [-0.25, -0.2) is 15.6 Å². The van der Waals surface area contributed by atoms with Gasteiger partial charge in [0, 0.05) is 6.99 Å². The van der Waals surface area contributed by atoms with Gasteiger partial charge in [0.05, 0.1) is 24.1 Å². The number of hydrazine groups is 1. The summed E-state index contributed by atoms with van der Waals surface area (Å²) in [5.41, 5.74) is 10.5. The van der Waals surface area contributed by atoms with Crippen LogP contribution in [0.3, 0.4) is 0 Å². The van der Waals surface area contributed by atoms with Gasteiger partial charge in [-0.05, 0) is 24.3 Å². The van der Waals surface area contributed by atoms with Crippen LogP contribution in [0.5, 0.6) is 0 Å². The van der Waals surface area contributed by atoms with E-state index >= 15 is 0 Å². The molecule has 0 spiro atoms. The summed E-state index contributed by atoms with van der Waals surface area (Å²) in [5, 5.41) is 0. The van der Waals surface area contributed by atoms with Crippen molar-refractivity contribution in [1.29, 1.82) is 0 Å². The summed E-state index contributed by atoms with van der Waals surface area (Å²) in [7, 11) is 1.34. The lowest BCUT2D eigenvalue weighted by atomic mass is 10.1. The number of nitrogens with one attached hydrogen (secondary N) is 1. The molecule has 100 valence electrons. The monoisotopic (exact) mass is 260 g/mol. The number of anilines is 2. The third-order valence-electron chi connectivity index (χ3n) is 2.64. The summed E-state index contributed by atoms with van der Waals surface area (Å²) in [4.78, 5) is 15.8. The van der Waals surface area contributed by atoms with Gasteiger partial charge in [0.15, 0.2) is 5.82 Å². The predicted octanol–water partition coefficient (Wildman–Crippen LogP) is 1.65. The van der Waals surface area contributed by atoms with E-state index in [9.17, 15) is 4.79 Å². The lowest BCUT2D eigenvalue weighted by Crippen LogP contribution is -2.11. The smallest absolute Gasteiger partial charge is 0.337 e. The molecule has 0 aliphatic rings. The van der Waals surface area contributed by atoms with Crippen LogP contribution in [0.25, 0.3) is 11.3 Å². The number of benzene rings is 1. The first-order chi connectivity index (χ1) is 9.15. The van der Waals surface area contributed by atoms with Crippen LogP contribution in [0.15, 0.2) is 36.4 Å². The van der Waals surface area contributed by atoms with Crippen LogP contribution < -0.4 is 17.0 Å². The van der Waals surface area contributed by atoms with Crippen LogP contribution in [0.4, 0.5) is 11.5 Å². The molecule has 0 unspecified atom stereocenters. The topological polar surface area (TPSA) is 103 Å². The lowest BCUT2D eigenvalue weighted by Gasteiger charge is -2.08. The molecule has 0 aliphatic heterocycles. The molecule has 0 saturated carbocycles. The van der Waals surface area contributed by atoms with Gasteiger partial charge < -0.3 is 15.9 Å². The molecule has 2 rings (SSSR count). The number of pyridine rings is 1. The zero-order chi connectivity index (χ0) is 13.8. The second-order valence-corrected chi connectivity index (χ2v) is 3.85. The number of nitrogens with zero attached hydrogens (tertiary/aromatic N) is 1. The van der Waals surface area contributed by atoms with Crippen LogP contribution in [-0.2, 0) is 4.74 Å². The number of aromatic nitrogens is 1. The number of carbonyl (C=O) groups excluding carboxylic acids is 1. The van der Waals surface area contributed by atoms with E-state index in [0.29, 0.717) is 22.8 Å². The Hall–Kier alpha value is -2.60. The number of ether oxygens (including phenoxy) is 1. The Balaban J connectivity index is 0.00000200. The zero-order valence-corrected chi connectivity index (χ0v) is 10.4. The number of nitrogens with two attached hydrogens (primary N) is 2. The summed E-state index contributed by atoms with van der Waals surface area (Å²) in [6.07, 6.45) is 0. The molecular formula is C13H16N4O2. The number of rotatable bonds is 3. The van der Waals surface area contributed by atoms with E-state index in [2.05, 4.69) is 15.1 Å². The van der Waals surface area contributed by atoms with Crippen molar-refractivity contribution in [2.75, 3.05) is 18.3 Å². The molecule has 6 heteroatoms. The Bertz CT molecular complexity index is 619.